The van der Waals surface area contributed by atoms with Crippen molar-refractivity contribution in [2.45, 2.75) is 18.4 Å². The van der Waals surface area contributed by atoms with E-state index < -0.39 is 10.0 Å². The summed E-state index contributed by atoms with van der Waals surface area (Å²) < 4.78 is 24.9. The number of aromatic nitrogens is 1. The number of nitrogens with two attached hydrogens (primary N) is 1. The summed E-state index contributed by atoms with van der Waals surface area (Å²) in [5.41, 5.74) is 6.97. The van der Waals surface area contributed by atoms with Crippen molar-refractivity contribution in [1.29, 1.82) is 0 Å². The van der Waals surface area contributed by atoms with Crippen LogP contribution in [0.5, 0.6) is 0 Å². The standard InChI is InChI=1S/C21H20N4O2S/c1-2-25-20-6-4-3-5-18(20)19-13-15(7-12-21(19)25)14-23-24-16-8-10-17(11-9-16)28(22,26)27/h3-14,24H,2H2,1H3,(H2,22,26,27)/b23-14+. The first-order valence-corrected chi connectivity index (χ1v) is 10.4. The van der Waals surface area contributed by atoms with Gasteiger partial charge in [-0.3, -0.25) is 5.43 Å². The quantitative estimate of drug-likeness (QED) is 0.399. The van der Waals surface area contributed by atoms with Gasteiger partial charge < -0.3 is 4.57 Å². The molecule has 0 fully saturated rings. The van der Waals surface area contributed by atoms with E-state index in [2.05, 4.69) is 58.4 Å². The van der Waals surface area contributed by atoms with Gasteiger partial charge in [-0.15, -0.1) is 0 Å². The number of sulfonamides is 1. The number of hydrogen-bond acceptors (Lipinski definition) is 4. The molecule has 0 unspecified atom stereocenters. The molecule has 3 aromatic carbocycles. The fourth-order valence-electron chi connectivity index (χ4n) is 3.39. The lowest BCUT2D eigenvalue weighted by atomic mass is 10.1. The highest BCUT2D eigenvalue weighted by atomic mass is 32.2. The van der Waals surface area contributed by atoms with Crippen molar-refractivity contribution < 1.29 is 8.42 Å². The van der Waals surface area contributed by atoms with E-state index in [1.54, 1.807) is 18.3 Å². The molecule has 0 bridgehead atoms. The van der Waals surface area contributed by atoms with E-state index in [0.717, 1.165) is 12.1 Å². The summed E-state index contributed by atoms with van der Waals surface area (Å²) in [5.74, 6) is 0. The first-order chi connectivity index (χ1) is 13.5. The molecule has 0 aliphatic rings. The number of anilines is 1. The van der Waals surface area contributed by atoms with Crippen LogP contribution in [-0.2, 0) is 16.6 Å². The molecule has 0 aliphatic carbocycles. The summed E-state index contributed by atoms with van der Waals surface area (Å²) in [7, 11) is -3.69. The molecular weight excluding hydrogens is 372 g/mol. The van der Waals surface area contributed by atoms with Gasteiger partial charge in [0.05, 0.1) is 16.8 Å². The summed E-state index contributed by atoms with van der Waals surface area (Å²) in [5, 5.41) is 11.8. The Kier molecular flexibility index (Phi) is 4.62. The van der Waals surface area contributed by atoms with Gasteiger partial charge in [0.15, 0.2) is 0 Å². The summed E-state index contributed by atoms with van der Waals surface area (Å²) in [6.45, 7) is 3.06. The number of para-hydroxylation sites is 1. The van der Waals surface area contributed by atoms with Crippen LogP contribution in [0.1, 0.15) is 12.5 Å². The first kappa shape index (κ1) is 18.2. The highest BCUT2D eigenvalue weighted by Crippen LogP contribution is 2.29. The van der Waals surface area contributed by atoms with Crippen molar-refractivity contribution in [3.8, 4) is 0 Å². The number of benzene rings is 3. The van der Waals surface area contributed by atoms with Gasteiger partial charge in [0.1, 0.15) is 0 Å². The summed E-state index contributed by atoms with van der Waals surface area (Å²) in [6, 6.07) is 20.8. The Balaban J connectivity index is 1.60. The van der Waals surface area contributed by atoms with Crippen LogP contribution in [0.4, 0.5) is 5.69 Å². The maximum Gasteiger partial charge on any atom is 0.238 e. The average molecular weight is 392 g/mol. The molecule has 1 aromatic heterocycles. The minimum absolute atomic E-state index is 0.0693. The molecule has 0 aliphatic heterocycles. The molecule has 1 heterocycles. The molecule has 0 saturated heterocycles. The lowest BCUT2D eigenvalue weighted by molar-refractivity contribution is 0.598. The molecule has 0 saturated carbocycles. The molecule has 0 amide bonds. The van der Waals surface area contributed by atoms with Crippen LogP contribution >= 0.6 is 0 Å². The van der Waals surface area contributed by atoms with Crippen molar-refractivity contribution in [3.05, 3.63) is 72.3 Å². The summed E-state index contributed by atoms with van der Waals surface area (Å²) in [4.78, 5) is 0.0693. The molecule has 0 radical (unpaired) electrons. The molecule has 0 atom stereocenters. The van der Waals surface area contributed by atoms with Gasteiger partial charge in [0, 0.05) is 28.4 Å². The molecule has 3 N–H and O–H groups in total. The molecule has 28 heavy (non-hydrogen) atoms. The Morgan fingerprint density at radius 3 is 2.43 bits per heavy atom. The van der Waals surface area contributed by atoms with Crippen molar-refractivity contribution in [3.63, 3.8) is 0 Å². The van der Waals surface area contributed by atoms with Gasteiger partial charge in [-0.05, 0) is 55.0 Å². The Hall–Kier alpha value is -3.16. The fourth-order valence-corrected chi connectivity index (χ4v) is 3.91. The van der Waals surface area contributed by atoms with Gasteiger partial charge in [-0.25, -0.2) is 13.6 Å². The Bertz CT molecular complexity index is 1290. The van der Waals surface area contributed by atoms with E-state index in [4.69, 9.17) is 5.14 Å². The monoisotopic (exact) mass is 392 g/mol. The van der Waals surface area contributed by atoms with Crippen LogP contribution < -0.4 is 10.6 Å². The van der Waals surface area contributed by atoms with Crippen LogP contribution in [0, 0.1) is 0 Å². The van der Waals surface area contributed by atoms with E-state index in [0.29, 0.717) is 5.69 Å². The lowest BCUT2D eigenvalue weighted by Crippen LogP contribution is -2.11. The van der Waals surface area contributed by atoms with Gasteiger partial charge in [-0.2, -0.15) is 5.10 Å². The lowest BCUT2D eigenvalue weighted by Gasteiger charge is -2.03. The van der Waals surface area contributed by atoms with E-state index in [-0.39, 0.29) is 4.90 Å². The maximum absolute atomic E-state index is 11.3. The minimum Gasteiger partial charge on any atom is -0.341 e. The minimum atomic E-state index is -3.69. The molecule has 4 aromatic rings. The van der Waals surface area contributed by atoms with Crippen LogP contribution in [0.15, 0.2) is 76.7 Å². The molecule has 6 nitrogen and oxygen atoms in total. The third-order valence-electron chi connectivity index (χ3n) is 4.70. The highest BCUT2D eigenvalue weighted by Gasteiger charge is 2.09. The molecular formula is C21H20N4O2S. The molecule has 4 rings (SSSR count). The zero-order valence-electron chi connectivity index (χ0n) is 15.3. The molecule has 0 spiro atoms. The van der Waals surface area contributed by atoms with Gasteiger partial charge in [0.2, 0.25) is 10.0 Å². The second kappa shape index (κ2) is 7.10. The zero-order valence-corrected chi connectivity index (χ0v) is 16.1. The van der Waals surface area contributed by atoms with Gasteiger partial charge in [-0.1, -0.05) is 24.3 Å². The zero-order chi connectivity index (χ0) is 19.7. The second-order valence-corrected chi connectivity index (χ2v) is 8.04. The van der Waals surface area contributed by atoms with Crippen molar-refractivity contribution in [2.24, 2.45) is 10.2 Å². The predicted octanol–water partition coefficient (Wildman–Crippen LogP) is 3.91. The third-order valence-corrected chi connectivity index (χ3v) is 5.63. The summed E-state index contributed by atoms with van der Waals surface area (Å²) >= 11 is 0. The number of hydrazone groups is 1. The number of rotatable bonds is 5. The number of nitrogens with zero attached hydrogens (tertiary/aromatic N) is 2. The SMILES string of the molecule is CCn1c2ccccc2c2cc(/C=N/Nc3ccc(S(N)(=O)=O)cc3)ccc21. The molecule has 7 heteroatoms. The maximum atomic E-state index is 11.3. The van der Waals surface area contributed by atoms with Gasteiger partial charge in [0.25, 0.3) is 0 Å². The van der Waals surface area contributed by atoms with E-state index in [1.807, 2.05) is 6.07 Å². The number of nitrogens with one attached hydrogen (secondary N) is 1. The Labute approximate surface area is 163 Å². The van der Waals surface area contributed by atoms with E-state index in [9.17, 15) is 8.42 Å². The Morgan fingerprint density at radius 1 is 1.00 bits per heavy atom. The van der Waals surface area contributed by atoms with Gasteiger partial charge >= 0.3 is 0 Å². The first-order valence-electron chi connectivity index (χ1n) is 8.90. The molecule has 142 valence electrons. The van der Waals surface area contributed by atoms with Crippen LogP contribution in [-0.4, -0.2) is 19.2 Å². The van der Waals surface area contributed by atoms with Crippen LogP contribution in [0.3, 0.4) is 0 Å². The van der Waals surface area contributed by atoms with Crippen molar-refractivity contribution in [1.82, 2.24) is 4.57 Å². The number of aryl methyl sites for hydroxylation is 1. The van der Waals surface area contributed by atoms with Crippen LogP contribution in [0.25, 0.3) is 21.8 Å². The number of primary sulfonamides is 1. The highest BCUT2D eigenvalue weighted by molar-refractivity contribution is 7.89. The van der Waals surface area contributed by atoms with Crippen molar-refractivity contribution >= 4 is 43.7 Å². The fraction of sp³-hybridized carbons (Fsp3) is 0.0952. The number of fused-ring (bicyclic) bond motifs is 3. The van der Waals surface area contributed by atoms with Crippen molar-refractivity contribution in [2.75, 3.05) is 5.43 Å². The predicted molar refractivity (Wildman–Crippen MR) is 114 cm³/mol. The van der Waals surface area contributed by atoms with E-state index in [1.165, 1.54) is 33.9 Å². The van der Waals surface area contributed by atoms with E-state index >= 15 is 0 Å². The smallest absolute Gasteiger partial charge is 0.238 e. The second-order valence-electron chi connectivity index (χ2n) is 6.48. The van der Waals surface area contributed by atoms with Crippen LogP contribution in [0.2, 0.25) is 0 Å². The topological polar surface area (TPSA) is 89.5 Å². The Morgan fingerprint density at radius 2 is 1.71 bits per heavy atom. The largest absolute Gasteiger partial charge is 0.341 e. The third kappa shape index (κ3) is 3.37. The normalized spacial score (nSPS) is 12.2. The summed E-state index contributed by atoms with van der Waals surface area (Å²) in [6.07, 6.45) is 1.74. The average Bonchev–Trinajstić information content (AvgIpc) is 3.01. The number of hydrogen-bond donors (Lipinski definition) is 2.